The largest absolute Gasteiger partial charge is 0.492 e. The van der Waals surface area contributed by atoms with Crippen molar-refractivity contribution in [2.45, 2.75) is 31.7 Å². The molecule has 1 atom stereocenters. The van der Waals surface area contributed by atoms with Crippen molar-refractivity contribution in [1.82, 2.24) is 5.32 Å². The molecular formula is C14H19BrClNO2. The van der Waals surface area contributed by atoms with E-state index in [2.05, 4.69) is 21.2 Å². The first kappa shape index (κ1) is 14.9. The van der Waals surface area contributed by atoms with Crippen molar-refractivity contribution in [2.75, 3.05) is 20.8 Å². The van der Waals surface area contributed by atoms with Gasteiger partial charge in [-0.25, -0.2) is 0 Å². The van der Waals surface area contributed by atoms with Gasteiger partial charge >= 0.3 is 0 Å². The number of nitrogens with one attached hydrogen (secondary N) is 1. The number of hydrogen-bond donors (Lipinski definition) is 1. The van der Waals surface area contributed by atoms with E-state index < -0.39 is 0 Å². The van der Waals surface area contributed by atoms with Crippen molar-refractivity contribution >= 4 is 27.5 Å². The maximum Gasteiger partial charge on any atom is 0.175 e. The number of benzene rings is 1. The van der Waals surface area contributed by atoms with Crippen LogP contribution in [-0.4, -0.2) is 26.8 Å². The number of hydrogen-bond acceptors (Lipinski definition) is 3. The molecule has 0 radical (unpaired) electrons. The Morgan fingerprint density at radius 3 is 2.63 bits per heavy atom. The summed E-state index contributed by atoms with van der Waals surface area (Å²) < 4.78 is 11.7. The van der Waals surface area contributed by atoms with Crippen LogP contribution < -0.4 is 14.8 Å². The Kier molecular flexibility index (Phi) is 5.37. The highest BCUT2D eigenvalue weighted by molar-refractivity contribution is 9.10. The van der Waals surface area contributed by atoms with E-state index in [0.29, 0.717) is 11.8 Å². The summed E-state index contributed by atoms with van der Waals surface area (Å²) in [6, 6.07) is 2.34. The first-order chi connectivity index (χ1) is 9.17. The lowest BCUT2D eigenvalue weighted by Gasteiger charge is -2.25. The minimum absolute atomic E-state index is 0.464. The van der Waals surface area contributed by atoms with Gasteiger partial charge in [0.1, 0.15) is 0 Å². The minimum atomic E-state index is 0.464. The highest BCUT2D eigenvalue weighted by Crippen LogP contribution is 2.42. The summed E-state index contributed by atoms with van der Waals surface area (Å²) in [5.41, 5.74) is 1.02. The van der Waals surface area contributed by atoms with Crippen molar-refractivity contribution in [2.24, 2.45) is 0 Å². The summed E-state index contributed by atoms with van der Waals surface area (Å²) in [6.07, 6.45) is 4.57. The Morgan fingerprint density at radius 2 is 2.05 bits per heavy atom. The molecule has 106 valence electrons. The molecule has 1 fully saturated rings. The smallest absolute Gasteiger partial charge is 0.175 e. The molecule has 0 aromatic heterocycles. The number of ether oxygens (including phenoxy) is 2. The zero-order chi connectivity index (χ0) is 13.8. The fourth-order valence-corrected chi connectivity index (χ4v) is 3.53. The highest BCUT2D eigenvalue weighted by Gasteiger charge is 2.22. The van der Waals surface area contributed by atoms with Gasteiger partial charge in [-0.05, 0) is 47.8 Å². The van der Waals surface area contributed by atoms with E-state index in [9.17, 15) is 0 Å². The maximum atomic E-state index is 6.37. The second-order valence-electron chi connectivity index (χ2n) is 4.74. The van der Waals surface area contributed by atoms with Gasteiger partial charge in [0.15, 0.2) is 11.5 Å². The number of rotatable bonds is 4. The first-order valence-corrected chi connectivity index (χ1v) is 7.66. The average Bonchev–Trinajstić information content (AvgIpc) is 2.42. The lowest BCUT2D eigenvalue weighted by Crippen LogP contribution is -2.35. The second-order valence-corrected chi connectivity index (χ2v) is 6.00. The molecule has 0 spiro atoms. The summed E-state index contributed by atoms with van der Waals surface area (Å²) >= 11 is 9.82. The van der Waals surface area contributed by atoms with Gasteiger partial charge in [-0.3, -0.25) is 0 Å². The molecule has 1 aromatic rings. The van der Waals surface area contributed by atoms with Crippen molar-refractivity contribution in [3.05, 3.63) is 21.1 Å². The van der Waals surface area contributed by atoms with Crippen molar-refractivity contribution < 1.29 is 9.47 Å². The van der Waals surface area contributed by atoms with Crippen LogP contribution in [0.15, 0.2) is 10.5 Å². The maximum absolute atomic E-state index is 6.37. The first-order valence-electron chi connectivity index (χ1n) is 6.49. The van der Waals surface area contributed by atoms with Crippen LogP contribution in [0, 0.1) is 0 Å². The van der Waals surface area contributed by atoms with E-state index in [1.807, 2.05) is 6.07 Å². The van der Waals surface area contributed by atoms with Crippen molar-refractivity contribution in [3.63, 3.8) is 0 Å². The lowest BCUT2D eigenvalue weighted by molar-refractivity contribution is 0.344. The summed E-state index contributed by atoms with van der Waals surface area (Å²) in [5.74, 6) is 1.44. The summed E-state index contributed by atoms with van der Waals surface area (Å²) in [4.78, 5) is 0. The zero-order valence-corrected chi connectivity index (χ0v) is 13.6. The standard InChI is InChI=1S/C14H19BrClNO2/c1-18-13-10(7-9-5-3-4-6-17-9)12(16)8-11(15)14(13)19-2/h8-9,17H,3-7H2,1-2H3. The molecule has 0 bridgehead atoms. The Morgan fingerprint density at radius 1 is 1.32 bits per heavy atom. The van der Waals surface area contributed by atoms with Gasteiger partial charge < -0.3 is 14.8 Å². The molecule has 1 saturated heterocycles. The Bertz CT molecular complexity index is 448. The second kappa shape index (κ2) is 6.82. The molecule has 5 heteroatoms. The molecule has 19 heavy (non-hydrogen) atoms. The van der Waals surface area contributed by atoms with Gasteiger partial charge in [0, 0.05) is 16.6 Å². The van der Waals surface area contributed by atoms with Crippen LogP contribution in [0.3, 0.4) is 0 Å². The topological polar surface area (TPSA) is 30.5 Å². The van der Waals surface area contributed by atoms with Gasteiger partial charge in [0.2, 0.25) is 0 Å². The summed E-state index contributed by atoms with van der Waals surface area (Å²) in [5, 5.41) is 4.25. The Balaban J connectivity index is 2.32. The Labute approximate surface area is 127 Å². The molecule has 0 saturated carbocycles. The van der Waals surface area contributed by atoms with Gasteiger partial charge in [-0.1, -0.05) is 18.0 Å². The van der Waals surface area contributed by atoms with Crippen LogP contribution in [0.4, 0.5) is 0 Å². The predicted octanol–water partition coefficient (Wildman–Crippen LogP) is 3.80. The normalized spacial score (nSPS) is 19.3. The van der Waals surface area contributed by atoms with Gasteiger partial charge in [-0.15, -0.1) is 0 Å². The molecule has 0 amide bonds. The third-order valence-electron chi connectivity index (χ3n) is 3.51. The van der Waals surface area contributed by atoms with Gasteiger partial charge in [0.05, 0.1) is 18.7 Å². The third-order valence-corrected chi connectivity index (χ3v) is 4.44. The van der Waals surface area contributed by atoms with Crippen molar-refractivity contribution in [1.29, 1.82) is 0 Å². The molecule has 1 aromatic carbocycles. The van der Waals surface area contributed by atoms with E-state index in [-0.39, 0.29) is 0 Å². The molecular weight excluding hydrogens is 330 g/mol. The van der Waals surface area contributed by atoms with Crippen LogP contribution in [0.25, 0.3) is 0 Å². The molecule has 1 unspecified atom stereocenters. The van der Waals surface area contributed by atoms with Gasteiger partial charge in [0.25, 0.3) is 0 Å². The highest BCUT2D eigenvalue weighted by atomic mass is 79.9. The van der Waals surface area contributed by atoms with E-state index in [1.54, 1.807) is 14.2 Å². The zero-order valence-electron chi connectivity index (χ0n) is 11.3. The average molecular weight is 349 g/mol. The molecule has 1 heterocycles. The van der Waals surface area contributed by atoms with Crippen LogP contribution >= 0.6 is 27.5 Å². The molecule has 0 aliphatic carbocycles. The van der Waals surface area contributed by atoms with Crippen molar-refractivity contribution in [3.8, 4) is 11.5 Å². The van der Waals surface area contributed by atoms with E-state index >= 15 is 0 Å². The lowest BCUT2D eigenvalue weighted by atomic mass is 9.97. The SMILES string of the molecule is COc1c(Br)cc(Cl)c(CC2CCCCN2)c1OC. The van der Waals surface area contributed by atoms with Gasteiger partial charge in [-0.2, -0.15) is 0 Å². The quantitative estimate of drug-likeness (QED) is 0.897. The molecule has 1 aliphatic heterocycles. The molecule has 2 rings (SSSR count). The molecule has 1 aliphatic rings. The number of methoxy groups -OCH3 is 2. The van der Waals surface area contributed by atoms with Crippen LogP contribution in [0.5, 0.6) is 11.5 Å². The predicted molar refractivity (Wildman–Crippen MR) is 81.6 cm³/mol. The summed E-state index contributed by atoms with van der Waals surface area (Å²) in [7, 11) is 3.29. The molecule has 3 nitrogen and oxygen atoms in total. The Hall–Kier alpha value is -0.450. The fraction of sp³-hybridized carbons (Fsp3) is 0.571. The van der Waals surface area contributed by atoms with Crippen LogP contribution in [0.2, 0.25) is 5.02 Å². The third kappa shape index (κ3) is 3.36. The number of halogens is 2. The monoisotopic (exact) mass is 347 g/mol. The summed E-state index contributed by atoms with van der Waals surface area (Å²) in [6.45, 7) is 1.08. The fourth-order valence-electron chi connectivity index (χ4n) is 2.56. The molecule has 1 N–H and O–H groups in total. The minimum Gasteiger partial charge on any atom is -0.492 e. The van der Waals surface area contributed by atoms with E-state index in [4.69, 9.17) is 21.1 Å². The van der Waals surface area contributed by atoms with E-state index in [1.165, 1.54) is 19.3 Å². The van der Waals surface area contributed by atoms with E-state index in [0.717, 1.165) is 33.8 Å². The van der Waals surface area contributed by atoms with Crippen LogP contribution in [-0.2, 0) is 6.42 Å². The number of piperidine rings is 1. The van der Waals surface area contributed by atoms with Crippen LogP contribution in [0.1, 0.15) is 24.8 Å².